The van der Waals surface area contributed by atoms with Crippen molar-refractivity contribution in [2.75, 3.05) is 39.6 Å². The van der Waals surface area contributed by atoms with Crippen LogP contribution in [0.15, 0.2) is 53.6 Å². The number of fused-ring (bicyclic) bond motifs is 1. The first kappa shape index (κ1) is 28.5. The summed E-state index contributed by atoms with van der Waals surface area (Å²) in [5, 5.41) is 11.0. The zero-order valence-electron chi connectivity index (χ0n) is 21.8. The minimum atomic E-state index is -1.40. The number of ether oxygens (including phenoxy) is 2. The van der Waals surface area contributed by atoms with E-state index in [4.69, 9.17) is 21.1 Å². The largest absolute Gasteiger partial charge is 0.497 e. The molecule has 4 rings (SSSR count). The third-order valence-electron chi connectivity index (χ3n) is 7.47. The van der Waals surface area contributed by atoms with E-state index < -0.39 is 17.6 Å². The fourth-order valence-electron chi connectivity index (χ4n) is 5.09. The molecule has 38 heavy (non-hydrogen) atoms. The predicted octanol–water partition coefficient (Wildman–Crippen LogP) is 7.05. The fourth-order valence-corrected chi connectivity index (χ4v) is 6.19. The van der Waals surface area contributed by atoms with Gasteiger partial charge in [0.1, 0.15) is 17.7 Å². The molecule has 6 nitrogen and oxygen atoms in total. The normalized spacial score (nSPS) is 16.3. The first-order valence-electron chi connectivity index (χ1n) is 12.8. The van der Waals surface area contributed by atoms with Gasteiger partial charge in [-0.1, -0.05) is 11.6 Å². The van der Waals surface area contributed by atoms with Gasteiger partial charge in [-0.2, -0.15) is 0 Å². The van der Waals surface area contributed by atoms with Crippen LogP contribution in [0.25, 0.3) is 10.9 Å². The molecule has 0 aliphatic carbocycles. The number of likely N-dealkylation sites (tertiary alicyclic amines) is 1. The Kier molecular flexibility index (Phi) is 9.74. The summed E-state index contributed by atoms with van der Waals surface area (Å²) in [4.78, 5) is 20.2. The van der Waals surface area contributed by atoms with E-state index >= 15 is 4.39 Å². The van der Waals surface area contributed by atoms with Crippen LogP contribution in [-0.4, -0.2) is 60.6 Å². The Labute approximate surface area is 232 Å². The van der Waals surface area contributed by atoms with Crippen molar-refractivity contribution in [1.82, 2.24) is 9.88 Å². The van der Waals surface area contributed by atoms with Crippen molar-refractivity contribution in [2.24, 2.45) is 5.41 Å². The number of carboxylic acids is 1. The maximum Gasteiger partial charge on any atom is 0.309 e. The van der Waals surface area contributed by atoms with Crippen LogP contribution in [0.3, 0.4) is 0 Å². The van der Waals surface area contributed by atoms with Gasteiger partial charge >= 0.3 is 5.97 Å². The van der Waals surface area contributed by atoms with Crippen molar-refractivity contribution in [3.05, 3.63) is 59.2 Å². The van der Waals surface area contributed by atoms with Crippen LogP contribution in [0.4, 0.5) is 4.39 Å². The highest BCUT2D eigenvalue weighted by Gasteiger charge is 2.41. The highest BCUT2D eigenvalue weighted by Crippen LogP contribution is 2.42. The summed E-state index contributed by atoms with van der Waals surface area (Å²) >= 11 is 8.18. The second-order valence-electron chi connectivity index (χ2n) is 9.71. The Morgan fingerprint density at radius 3 is 2.50 bits per heavy atom. The molecule has 1 aromatic heterocycles. The van der Waals surface area contributed by atoms with Crippen LogP contribution in [0.1, 0.15) is 43.8 Å². The Morgan fingerprint density at radius 1 is 1.16 bits per heavy atom. The highest BCUT2D eigenvalue weighted by atomic mass is 35.5. The number of aromatic nitrogens is 1. The molecule has 1 N–H and O–H groups in total. The molecule has 0 radical (unpaired) electrons. The van der Waals surface area contributed by atoms with Gasteiger partial charge < -0.3 is 19.5 Å². The number of piperidine rings is 1. The van der Waals surface area contributed by atoms with Gasteiger partial charge in [0.2, 0.25) is 0 Å². The van der Waals surface area contributed by atoms with Crippen molar-refractivity contribution in [3.63, 3.8) is 0 Å². The van der Waals surface area contributed by atoms with E-state index in [0.29, 0.717) is 48.1 Å². The zero-order valence-corrected chi connectivity index (χ0v) is 23.4. The maximum atomic E-state index is 15.6. The maximum absolute atomic E-state index is 15.6. The molecule has 2 aromatic carbocycles. The molecule has 0 spiro atoms. The smallest absolute Gasteiger partial charge is 0.309 e. The summed E-state index contributed by atoms with van der Waals surface area (Å²) < 4.78 is 26.1. The molecular weight excluding hydrogens is 527 g/mol. The quantitative estimate of drug-likeness (QED) is 0.188. The van der Waals surface area contributed by atoms with E-state index in [-0.39, 0.29) is 17.9 Å². The highest BCUT2D eigenvalue weighted by molar-refractivity contribution is 7.99. The minimum absolute atomic E-state index is 0.0842. The lowest BCUT2D eigenvalue weighted by Gasteiger charge is -2.39. The standard InChI is InChI=1S/C29H34ClFN2O4S/c1-36-20-4-7-22(8-5-20)38-17-3-14-33-15-12-29(13-16-33,28(34)35)11-10-25(31)27-23-18-21(37-2)6-9-26(23)32-19-24(27)30/h4-9,18-19,25H,3,10-17H2,1-2H3,(H,34,35)/t25-/m1/s1. The van der Waals surface area contributed by atoms with Crippen molar-refractivity contribution >= 4 is 40.2 Å². The van der Waals surface area contributed by atoms with E-state index in [1.165, 1.54) is 11.1 Å². The molecule has 3 aromatic rings. The summed E-state index contributed by atoms with van der Waals surface area (Å²) in [7, 11) is 3.21. The number of carbonyl (C=O) groups is 1. The zero-order chi connectivity index (χ0) is 27.1. The van der Waals surface area contributed by atoms with Crippen LogP contribution in [0.2, 0.25) is 5.02 Å². The van der Waals surface area contributed by atoms with E-state index in [0.717, 1.165) is 24.5 Å². The summed E-state index contributed by atoms with van der Waals surface area (Å²) in [5.41, 5.74) is 0.0493. The summed E-state index contributed by atoms with van der Waals surface area (Å²) in [6.07, 6.45) is 2.44. The molecule has 1 atom stereocenters. The van der Waals surface area contributed by atoms with Crippen molar-refractivity contribution in [3.8, 4) is 11.5 Å². The van der Waals surface area contributed by atoms with Crippen LogP contribution in [-0.2, 0) is 4.79 Å². The molecule has 9 heteroatoms. The number of hydrogen-bond donors (Lipinski definition) is 1. The van der Waals surface area contributed by atoms with E-state index in [1.54, 1.807) is 44.2 Å². The lowest BCUT2D eigenvalue weighted by Crippen LogP contribution is -2.44. The molecule has 0 bridgehead atoms. The molecule has 2 heterocycles. The van der Waals surface area contributed by atoms with Gasteiger partial charge in [0.15, 0.2) is 0 Å². The molecule has 1 fully saturated rings. The van der Waals surface area contributed by atoms with Crippen LogP contribution >= 0.6 is 23.4 Å². The number of aliphatic carboxylic acids is 1. The lowest BCUT2D eigenvalue weighted by atomic mass is 9.74. The SMILES string of the molecule is COc1ccc(SCCCN2CCC(CC[C@@H](F)c3c(Cl)cnc4ccc(OC)cc34)(C(=O)O)CC2)cc1. The third kappa shape index (κ3) is 6.71. The number of carboxylic acid groups (broad SMARTS) is 1. The molecule has 0 saturated carbocycles. The summed E-state index contributed by atoms with van der Waals surface area (Å²) in [6.45, 7) is 2.32. The number of nitrogens with zero attached hydrogens (tertiary/aromatic N) is 2. The van der Waals surface area contributed by atoms with Gasteiger partial charge in [0.25, 0.3) is 0 Å². The molecule has 1 aliphatic rings. The molecule has 1 saturated heterocycles. The van der Waals surface area contributed by atoms with E-state index in [2.05, 4.69) is 22.0 Å². The van der Waals surface area contributed by atoms with Crippen LogP contribution in [0.5, 0.6) is 11.5 Å². The van der Waals surface area contributed by atoms with Gasteiger partial charge in [-0.25, -0.2) is 4.39 Å². The number of methoxy groups -OCH3 is 2. The van der Waals surface area contributed by atoms with Gasteiger partial charge in [-0.15, -0.1) is 11.8 Å². The number of benzene rings is 2. The average molecular weight is 561 g/mol. The van der Waals surface area contributed by atoms with Crippen LogP contribution in [0, 0.1) is 5.41 Å². The Bertz CT molecular complexity index is 1240. The Morgan fingerprint density at radius 2 is 1.84 bits per heavy atom. The predicted molar refractivity (Wildman–Crippen MR) is 150 cm³/mol. The van der Waals surface area contributed by atoms with Gasteiger partial charge in [0, 0.05) is 22.0 Å². The number of halogens is 2. The van der Waals surface area contributed by atoms with Gasteiger partial charge in [-0.3, -0.25) is 9.78 Å². The molecule has 0 unspecified atom stereocenters. The molecule has 204 valence electrons. The lowest BCUT2D eigenvalue weighted by molar-refractivity contribution is -0.153. The number of thioether (sulfide) groups is 1. The van der Waals surface area contributed by atoms with E-state index in [9.17, 15) is 9.90 Å². The molecule has 0 amide bonds. The molecule has 1 aliphatic heterocycles. The van der Waals surface area contributed by atoms with Crippen LogP contribution < -0.4 is 9.47 Å². The third-order valence-corrected chi connectivity index (χ3v) is 8.87. The van der Waals surface area contributed by atoms with Crippen molar-refractivity contribution < 1.29 is 23.8 Å². The Balaban J connectivity index is 1.31. The van der Waals surface area contributed by atoms with Crippen molar-refractivity contribution in [1.29, 1.82) is 0 Å². The first-order valence-corrected chi connectivity index (χ1v) is 14.2. The number of pyridine rings is 1. The number of hydrogen-bond acceptors (Lipinski definition) is 6. The second-order valence-corrected chi connectivity index (χ2v) is 11.3. The summed E-state index contributed by atoms with van der Waals surface area (Å²) in [6, 6.07) is 13.3. The second kappa shape index (κ2) is 13.0. The van der Waals surface area contributed by atoms with Gasteiger partial charge in [-0.05, 0) is 100.0 Å². The first-order chi connectivity index (χ1) is 18.3. The van der Waals surface area contributed by atoms with E-state index in [1.807, 2.05) is 12.1 Å². The average Bonchev–Trinajstić information content (AvgIpc) is 2.94. The Hall–Kier alpha value is -2.55. The topological polar surface area (TPSA) is 71.9 Å². The molecular formula is C29H34ClFN2O4S. The fraction of sp³-hybridized carbons (Fsp3) is 0.448. The minimum Gasteiger partial charge on any atom is -0.497 e. The van der Waals surface area contributed by atoms with Crippen molar-refractivity contribution in [2.45, 2.75) is 43.2 Å². The van der Waals surface area contributed by atoms with Gasteiger partial charge in [0.05, 0.1) is 30.2 Å². The number of rotatable bonds is 12. The monoisotopic (exact) mass is 560 g/mol. The summed E-state index contributed by atoms with van der Waals surface area (Å²) in [5.74, 6) is 1.58. The number of alkyl halides is 1.